The van der Waals surface area contributed by atoms with Crippen LogP contribution in [0, 0.1) is 11.3 Å². The van der Waals surface area contributed by atoms with Crippen LogP contribution in [0.4, 0.5) is 5.69 Å². The molecule has 0 saturated heterocycles. The highest BCUT2D eigenvalue weighted by Crippen LogP contribution is 2.24. The fraction of sp³-hybridized carbons (Fsp3) is 0.118. The molecule has 4 nitrogen and oxygen atoms in total. The molecule has 1 N–H and O–H groups in total. The lowest BCUT2D eigenvalue weighted by Gasteiger charge is -2.11. The van der Waals surface area contributed by atoms with Gasteiger partial charge in [-0.3, -0.25) is 0 Å². The van der Waals surface area contributed by atoms with Crippen molar-refractivity contribution in [2.75, 3.05) is 11.9 Å². The number of anilines is 1. The van der Waals surface area contributed by atoms with E-state index in [0.717, 1.165) is 27.5 Å². The zero-order valence-electron chi connectivity index (χ0n) is 11.8. The van der Waals surface area contributed by atoms with Crippen LogP contribution in [0.25, 0.3) is 10.9 Å². The molecule has 0 atom stereocenters. The second kappa shape index (κ2) is 6.54. The van der Waals surface area contributed by atoms with E-state index in [0.29, 0.717) is 12.2 Å². The highest BCUT2D eigenvalue weighted by molar-refractivity contribution is 9.10. The SMILES string of the molecule is N#Cc1nnc2ccccc2c1NCCc1ccccc1Br. The molecule has 0 radical (unpaired) electrons. The molecule has 5 heteroatoms. The van der Waals surface area contributed by atoms with Crippen LogP contribution in [0.15, 0.2) is 53.0 Å². The van der Waals surface area contributed by atoms with E-state index in [1.165, 1.54) is 5.56 Å². The van der Waals surface area contributed by atoms with Crippen molar-refractivity contribution in [1.29, 1.82) is 5.26 Å². The van der Waals surface area contributed by atoms with Crippen molar-refractivity contribution < 1.29 is 0 Å². The number of nitrogens with one attached hydrogen (secondary N) is 1. The van der Waals surface area contributed by atoms with Gasteiger partial charge in [0.05, 0.1) is 11.2 Å². The first-order chi connectivity index (χ1) is 10.8. The number of nitrogens with zero attached hydrogens (tertiary/aromatic N) is 3. The fourth-order valence-corrected chi connectivity index (χ4v) is 2.82. The standard InChI is InChI=1S/C17H13BrN4/c18-14-7-3-1-5-12(14)9-10-20-17-13-6-2-4-8-15(13)21-22-16(17)11-19/h1-8H,9-10H2,(H,20,21). The third-order valence-electron chi connectivity index (χ3n) is 3.43. The zero-order valence-corrected chi connectivity index (χ0v) is 13.3. The van der Waals surface area contributed by atoms with Gasteiger partial charge in [0.2, 0.25) is 0 Å². The molecule has 108 valence electrons. The molecule has 1 heterocycles. The Hall–Kier alpha value is -2.45. The molecule has 0 fully saturated rings. The van der Waals surface area contributed by atoms with Crippen LogP contribution < -0.4 is 5.32 Å². The van der Waals surface area contributed by atoms with Gasteiger partial charge in [0, 0.05) is 16.4 Å². The van der Waals surface area contributed by atoms with Gasteiger partial charge >= 0.3 is 0 Å². The number of benzene rings is 2. The van der Waals surface area contributed by atoms with E-state index < -0.39 is 0 Å². The summed E-state index contributed by atoms with van der Waals surface area (Å²) in [7, 11) is 0. The summed E-state index contributed by atoms with van der Waals surface area (Å²) in [5, 5.41) is 21.6. The average Bonchev–Trinajstić information content (AvgIpc) is 2.56. The molecule has 3 rings (SSSR count). The molecular formula is C17H13BrN4. The number of rotatable bonds is 4. The summed E-state index contributed by atoms with van der Waals surface area (Å²) in [5.41, 5.74) is 3.08. The second-order valence-electron chi connectivity index (χ2n) is 4.82. The smallest absolute Gasteiger partial charge is 0.186 e. The van der Waals surface area contributed by atoms with Gasteiger partial charge in [0.25, 0.3) is 0 Å². The Balaban J connectivity index is 1.84. The van der Waals surface area contributed by atoms with Gasteiger partial charge in [-0.1, -0.05) is 52.3 Å². The number of aromatic nitrogens is 2. The second-order valence-corrected chi connectivity index (χ2v) is 5.68. The minimum Gasteiger partial charge on any atom is -0.382 e. The monoisotopic (exact) mass is 352 g/mol. The molecular weight excluding hydrogens is 340 g/mol. The molecule has 22 heavy (non-hydrogen) atoms. The normalized spacial score (nSPS) is 10.4. The number of hydrogen-bond donors (Lipinski definition) is 1. The van der Waals surface area contributed by atoms with Crippen LogP contribution in [-0.2, 0) is 6.42 Å². The molecule has 0 aliphatic carbocycles. The van der Waals surface area contributed by atoms with Crippen LogP contribution in [0.2, 0.25) is 0 Å². The molecule has 0 spiro atoms. The Morgan fingerprint density at radius 1 is 1.05 bits per heavy atom. The minimum absolute atomic E-state index is 0.325. The number of fused-ring (bicyclic) bond motifs is 1. The van der Waals surface area contributed by atoms with Gasteiger partial charge in [-0.15, -0.1) is 10.2 Å². The number of hydrogen-bond acceptors (Lipinski definition) is 4. The molecule has 3 aromatic rings. The lowest BCUT2D eigenvalue weighted by Crippen LogP contribution is -2.08. The molecule has 0 aliphatic heterocycles. The minimum atomic E-state index is 0.325. The molecule has 2 aromatic carbocycles. The summed E-state index contributed by atoms with van der Waals surface area (Å²) >= 11 is 3.55. The van der Waals surface area contributed by atoms with Crippen LogP contribution in [0.1, 0.15) is 11.3 Å². The predicted octanol–water partition coefficient (Wildman–Crippen LogP) is 3.92. The number of halogens is 1. The van der Waals surface area contributed by atoms with E-state index in [4.69, 9.17) is 0 Å². The predicted molar refractivity (Wildman–Crippen MR) is 90.6 cm³/mol. The largest absolute Gasteiger partial charge is 0.382 e. The van der Waals surface area contributed by atoms with Crippen LogP contribution >= 0.6 is 15.9 Å². The highest BCUT2D eigenvalue weighted by atomic mass is 79.9. The summed E-state index contributed by atoms with van der Waals surface area (Å²) in [5.74, 6) is 0. The summed E-state index contributed by atoms with van der Waals surface area (Å²) in [6.45, 7) is 0.715. The Bertz CT molecular complexity index is 855. The van der Waals surface area contributed by atoms with E-state index in [1.807, 2.05) is 42.5 Å². The van der Waals surface area contributed by atoms with Crippen molar-refractivity contribution in [3.05, 3.63) is 64.3 Å². The summed E-state index contributed by atoms with van der Waals surface area (Å²) in [6.07, 6.45) is 0.850. The average molecular weight is 353 g/mol. The van der Waals surface area contributed by atoms with Crippen molar-refractivity contribution in [3.8, 4) is 6.07 Å². The first kappa shape index (κ1) is 14.5. The maximum atomic E-state index is 9.24. The quantitative estimate of drug-likeness (QED) is 0.772. The molecule has 0 amide bonds. The van der Waals surface area contributed by atoms with Crippen molar-refractivity contribution in [1.82, 2.24) is 10.2 Å². The molecule has 0 aliphatic rings. The third kappa shape index (κ3) is 2.92. The van der Waals surface area contributed by atoms with E-state index in [1.54, 1.807) is 0 Å². The van der Waals surface area contributed by atoms with Gasteiger partial charge in [-0.2, -0.15) is 5.26 Å². The number of nitriles is 1. The maximum absolute atomic E-state index is 9.24. The Morgan fingerprint density at radius 2 is 1.82 bits per heavy atom. The summed E-state index contributed by atoms with van der Waals surface area (Å²) in [6, 6.07) is 17.9. The van der Waals surface area contributed by atoms with E-state index in [9.17, 15) is 5.26 Å². The van der Waals surface area contributed by atoms with Gasteiger partial charge in [-0.05, 0) is 24.1 Å². The maximum Gasteiger partial charge on any atom is 0.186 e. The Morgan fingerprint density at radius 3 is 2.64 bits per heavy atom. The van der Waals surface area contributed by atoms with Gasteiger partial charge in [0.15, 0.2) is 5.69 Å². The first-order valence-electron chi connectivity index (χ1n) is 6.92. The van der Waals surface area contributed by atoms with Crippen LogP contribution in [0.5, 0.6) is 0 Å². The van der Waals surface area contributed by atoms with E-state index in [-0.39, 0.29) is 0 Å². The lowest BCUT2D eigenvalue weighted by atomic mass is 10.1. The van der Waals surface area contributed by atoms with Crippen molar-refractivity contribution >= 4 is 32.5 Å². The van der Waals surface area contributed by atoms with Crippen LogP contribution in [0.3, 0.4) is 0 Å². The molecule has 0 bridgehead atoms. The highest BCUT2D eigenvalue weighted by Gasteiger charge is 2.09. The van der Waals surface area contributed by atoms with Gasteiger partial charge < -0.3 is 5.32 Å². The van der Waals surface area contributed by atoms with Gasteiger partial charge in [0.1, 0.15) is 6.07 Å². The molecule has 0 unspecified atom stereocenters. The zero-order chi connectivity index (χ0) is 15.4. The molecule has 1 aromatic heterocycles. The van der Waals surface area contributed by atoms with Crippen molar-refractivity contribution in [2.24, 2.45) is 0 Å². The topological polar surface area (TPSA) is 61.6 Å². The van der Waals surface area contributed by atoms with E-state index >= 15 is 0 Å². The summed E-state index contributed by atoms with van der Waals surface area (Å²) < 4.78 is 1.09. The first-order valence-corrected chi connectivity index (χ1v) is 7.71. The van der Waals surface area contributed by atoms with E-state index in [2.05, 4.69) is 43.6 Å². The third-order valence-corrected chi connectivity index (χ3v) is 4.20. The Kier molecular flexibility index (Phi) is 4.31. The van der Waals surface area contributed by atoms with Gasteiger partial charge in [-0.25, -0.2) is 0 Å². The van der Waals surface area contributed by atoms with Crippen molar-refractivity contribution in [3.63, 3.8) is 0 Å². The lowest BCUT2D eigenvalue weighted by molar-refractivity contribution is 0.996. The fourth-order valence-electron chi connectivity index (χ4n) is 2.33. The summed E-state index contributed by atoms with van der Waals surface area (Å²) in [4.78, 5) is 0. The Labute approximate surface area is 136 Å². The molecule has 0 saturated carbocycles. The van der Waals surface area contributed by atoms with Crippen LogP contribution in [-0.4, -0.2) is 16.7 Å². The van der Waals surface area contributed by atoms with Crippen molar-refractivity contribution in [2.45, 2.75) is 6.42 Å².